The Morgan fingerprint density at radius 3 is 2.64 bits per heavy atom. The van der Waals surface area contributed by atoms with Gasteiger partial charge in [0.15, 0.2) is 0 Å². The summed E-state index contributed by atoms with van der Waals surface area (Å²) >= 11 is 0. The topological polar surface area (TPSA) is 39.1 Å². The third kappa shape index (κ3) is 3.88. The number of halogens is 1. The number of rotatable bonds is 6. The largest absolute Gasteiger partial charge is 0.497 e. The quantitative estimate of drug-likeness (QED) is 0.732. The predicted molar refractivity (Wildman–Crippen MR) is 96.5 cm³/mol. The fourth-order valence-electron chi connectivity index (χ4n) is 2.84. The first-order chi connectivity index (χ1) is 12.1. The van der Waals surface area contributed by atoms with Crippen molar-refractivity contribution in [3.05, 3.63) is 77.4 Å². The van der Waals surface area contributed by atoms with Crippen LogP contribution in [-0.4, -0.2) is 16.9 Å². The van der Waals surface area contributed by atoms with Crippen molar-refractivity contribution in [1.82, 2.24) is 15.1 Å². The average Bonchev–Trinajstić information content (AvgIpc) is 3.01. The Kier molecular flexibility index (Phi) is 5.14. The van der Waals surface area contributed by atoms with Gasteiger partial charge in [-0.3, -0.25) is 0 Å². The number of hydrogen-bond donors (Lipinski definition) is 1. The van der Waals surface area contributed by atoms with E-state index in [2.05, 4.69) is 17.3 Å². The zero-order valence-electron chi connectivity index (χ0n) is 14.7. The van der Waals surface area contributed by atoms with E-state index in [9.17, 15) is 4.39 Å². The Bertz CT molecular complexity index is 842. The first kappa shape index (κ1) is 17.2. The Hall–Kier alpha value is -2.66. The van der Waals surface area contributed by atoms with Gasteiger partial charge in [-0.25, -0.2) is 9.07 Å². The molecule has 0 aliphatic heterocycles. The molecule has 1 atom stereocenters. The molecule has 0 bridgehead atoms. The van der Waals surface area contributed by atoms with Gasteiger partial charge in [-0.15, -0.1) is 0 Å². The fraction of sp³-hybridized carbons (Fsp3) is 0.250. The molecule has 0 unspecified atom stereocenters. The molecular weight excluding hydrogens is 317 g/mol. The summed E-state index contributed by atoms with van der Waals surface area (Å²) in [4.78, 5) is 0. The number of nitrogens with zero attached hydrogens (tertiary/aromatic N) is 2. The standard InChI is InChI=1S/C20H22FN3O/c1-14(22-12-16-7-9-19(25-3)10-8-16)20-13-23-24(15(20)2)18-6-4-5-17(21)11-18/h4-11,13-14,22H,12H2,1-3H3/t14-/m1/s1. The maximum Gasteiger partial charge on any atom is 0.125 e. The van der Waals surface area contributed by atoms with Crippen LogP contribution in [0.5, 0.6) is 5.75 Å². The summed E-state index contributed by atoms with van der Waals surface area (Å²) in [7, 11) is 1.66. The molecule has 1 aromatic heterocycles. The number of aromatic nitrogens is 2. The third-order valence-electron chi connectivity index (χ3n) is 4.34. The molecule has 2 aromatic carbocycles. The molecule has 25 heavy (non-hydrogen) atoms. The minimum absolute atomic E-state index is 0.129. The smallest absolute Gasteiger partial charge is 0.125 e. The molecule has 1 N–H and O–H groups in total. The Labute approximate surface area is 147 Å². The van der Waals surface area contributed by atoms with Gasteiger partial charge in [0.1, 0.15) is 11.6 Å². The molecule has 130 valence electrons. The molecule has 1 heterocycles. The summed E-state index contributed by atoms with van der Waals surface area (Å²) in [5.74, 6) is 0.587. The fourth-order valence-corrected chi connectivity index (χ4v) is 2.84. The van der Waals surface area contributed by atoms with Gasteiger partial charge >= 0.3 is 0 Å². The third-order valence-corrected chi connectivity index (χ3v) is 4.34. The van der Waals surface area contributed by atoms with Gasteiger partial charge in [0.25, 0.3) is 0 Å². The van der Waals surface area contributed by atoms with Crippen LogP contribution in [0.15, 0.2) is 54.7 Å². The summed E-state index contributed by atoms with van der Waals surface area (Å²) in [6.07, 6.45) is 1.84. The van der Waals surface area contributed by atoms with Crippen molar-refractivity contribution in [3.8, 4) is 11.4 Å². The first-order valence-electron chi connectivity index (χ1n) is 8.25. The van der Waals surface area contributed by atoms with Crippen LogP contribution in [-0.2, 0) is 6.54 Å². The molecule has 0 saturated heterocycles. The van der Waals surface area contributed by atoms with Crippen LogP contribution in [0.4, 0.5) is 4.39 Å². The summed E-state index contributed by atoms with van der Waals surface area (Å²) in [5, 5.41) is 7.92. The van der Waals surface area contributed by atoms with Crippen LogP contribution in [0, 0.1) is 12.7 Å². The van der Waals surface area contributed by atoms with Gasteiger partial charge in [-0.05, 0) is 49.7 Å². The Morgan fingerprint density at radius 1 is 1.20 bits per heavy atom. The molecule has 0 aliphatic rings. The van der Waals surface area contributed by atoms with Crippen molar-refractivity contribution in [1.29, 1.82) is 0 Å². The SMILES string of the molecule is COc1ccc(CN[C@H](C)c2cnn(-c3cccc(F)c3)c2C)cc1. The summed E-state index contributed by atoms with van der Waals surface area (Å²) < 4.78 is 20.4. The first-order valence-corrected chi connectivity index (χ1v) is 8.25. The van der Waals surface area contributed by atoms with Crippen LogP contribution in [0.3, 0.4) is 0 Å². The van der Waals surface area contributed by atoms with Crippen LogP contribution >= 0.6 is 0 Å². The maximum absolute atomic E-state index is 13.5. The van der Waals surface area contributed by atoms with Crippen molar-refractivity contribution in [2.45, 2.75) is 26.4 Å². The number of ether oxygens (including phenoxy) is 1. The van der Waals surface area contributed by atoms with Crippen molar-refractivity contribution < 1.29 is 9.13 Å². The van der Waals surface area contributed by atoms with Gasteiger partial charge in [-0.1, -0.05) is 18.2 Å². The molecule has 5 heteroatoms. The molecule has 0 saturated carbocycles. The monoisotopic (exact) mass is 339 g/mol. The van der Waals surface area contributed by atoms with Crippen LogP contribution in [0.25, 0.3) is 5.69 Å². The normalized spacial score (nSPS) is 12.2. The van der Waals surface area contributed by atoms with E-state index in [4.69, 9.17) is 4.74 Å². The highest BCUT2D eigenvalue weighted by atomic mass is 19.1. The second-order valence-corrected chi connectivity index (χ2v) is 6.03. The van der Waals surface area contributed by atoms with Gasteiger partial charge in [0, 0.05) is 23.8 Å². The van der Waals surface area contributed by atoms with Crippen molar-refractivity contribution in [3.63, 3.8) is 0 Å². The lowest BCUT2D eigenvalue weighted by molar-refractivity contribution is 0.414. The minimum Gasteiger partial charge on any atom is -0.497 e. The van der Waals surface area contributed by atoms with E-state index in [1.165, 1.54) is 17.7 Å². The number of methoxy groups -OCH3 is 1. The van der Waals surface area contributed by atoms with E-state index >= 15 is 0 Å². The molecule has 0 aliphatic carbocycles. The lowest BCUT2D eigenvalue weighted by Gasteiger charge is -2.14. The maximum atomic E-state index is 13.5. The van der Waals surface area contributed by atoms with E-state index in [0.717, 1.165) is 29.2 Å². The molecular formula is C20H22FN3O. The average molecular weight is 339 g/mol. The number of hydrogen-bond acceptors (Lipinski definition) is 3. The summed E-state index contributed by atoms with van der Waals surface area (Å²) in [6.45, 7) is 4.85. The van der Waals surface area contributed by atoms with Crippen LogP contribution < -0.4 is 10.1 Å². The highest BCUT2D eigenvalue weighted by Crippen LogP contribution is 2.21. The van der Waals surface area contributed by atoms with Crippen molar-refractivity contribution >= 4 is 0 Å². The number of benzene rings is 2. The molecule has 3 rings (SSSR count). The van der Waals surface area contributed by atoms with Crippen molar-refractivity contribution in [2.75, 3.05) is 7.11 Å². The zero-order valence-corrected chi connectivity index (χ0v) is 14.7. The Balaban J connectivity index is 1.71. The van der Waals surface area contributed by atoms with Crippen LogP contribution in [0.1, 0.15) is 29.8 Å². The minimum atomic E-state index is -0.264. The van der Waals surface area contributed by atoms with E-state index in [1.807, 2.05) is 43.5 Å². The highest BCUT2D eigenvalue weighted by Gasteiger charge is 2.14. The van der Waals surface area contributed by atoms with E-state index in [-0.39, 0.29) is 11.9 Å². The molecule has 0 amide bonds. The lowest BCUT2D eigenvalue weighted by Crippen LogP contribution is -2.18. The molecule has 3 aromatic rings. The summed E-state index contributed by atoms with van der Waals surface area (Å²) in [6, 6.07) is 14.6. The van der Waals surface area contributed by atoms with Gasteiger partial charge in [-0.2, -0.15) is 5.10 Å². The molecule has 4 nitrogen and oxygen atoms in total. The van der Waals surface area contributed by atoms with E-state index in [0.29, 0.717) is 0 Å². The predicted octanol–water partition coefficient (Wildman–Crippen LogP) is 4.18. The second kappa shape index (κ2) is 7.49. The van der Waals surface area contributed by atoms with Gasteiger partial charge in [0.2, 0.25) is 0 Å². The summed E-state index contributed by atoms with van der Waals surface area (Å²) in [5.41, 5.74) is 4.01. The number of nitrogens with one attached hydrogen (secondary N) is 1. The van der Waals surface area contributed by atoms with Crippen LogP contribution in [0.2, 0.25) is 0 Å². The van der Waals surface area contributed by atoms with E-state index in [1.54, 1.807) is 17.9 Å². The highest BCUT2D eigenvalue weighted by molar-refractivity contribution is 5.36. The van der Waals surface area contributed by atoms with Gasteiger partial charge < -0.3 is 10.1 Å². The Morgan fingerprint density at radius 2 is 1.96 bits per heavy atom. The zero-order chi connectivity index (χ0) is 17.8. The lowest BCUT2D eigenvalue weighted by atomic mass is 10.1. The molecule has 0 radical (unpaired) electrons. The second-order valence-electron chi connectivity index (χ2n) is 6.03. The van der Waals surface area contributed by atoms with E-state index < -0.39 is 0 Å². The molecule has 0 fully saturated rings. The van der Waals surface area contributed by atoms with Gasteiger partial charge in [0.05, 0.1) is 19.0 Å². The molecule has 0 spiro atoms. The van der Waals surface area contributed by atoms with Crippen molar-refractivity contribution in [2.24, 2.45) is 0 Å².